The molecule has 88 valence electrons. The molecule has 1 atom stereocenters. The molecule has 4 heteroatoms. The fourth-order valence-corrected chi connectivity index (χ4v) is 3.99. The molecule has 2 fully saturated rings. The summed E-state index contributed by atoms with van der Waals surface area (Å²) in [6, 6.07) is 4.99. The zero-order valence-corrected chi connectivity index (χ0v) is 10.9. The third-order valence-corrected chi connectivity index (χ3v) is 4.90. The SMILES string of the molecule is Clc1ccc(CN2CCN3CCCC3C2)s1. The fraction of sp³-hybridized carbons (Fsp3) is 0.667. The Morgan fingerprint density at radius 3 is 3.06 bits per heavy atom. The van der Waals surface area contributed by atoms with Gasteiger partial charge in [0.25, 0.3) is 0 Å². The van der Waals surface area contributed by atoms with Gasteiger partial charge in [-0.1, -0.05) is 11.6 Å². The lowest BCUT2D eigenvalue weighted by Gasteiger charge is -2.37. The van der Waals surface area contributed by atoms with Gasteiger partial charge in [0.1, 0.15) is 0 Å². The standard InChI is InChI=1S/C12H17ClN2S/c13-12-4-3-11(16-12)9-14-6-7-15-5-1-2-10(15)8-14/h3-4,10H,1-2,5-9H2. The summed E-state index contributed by atoms with van der Waals surface area (Å²) < 4.78 is 0.912. The van der Waals surface area contributed by atoms with Gasteiger partial charge in [-0.05, 0) is 31.5 Å². The highest BCUT2D eigenvalue weighted by atomic mass is 35.5. The van der Waals surface area contributed by atoms with Crippen molar-refractivity contribution in [1.82, 2.24) is 9.80 Å². The van der Waals surface area contributed by atoms with Gasteiger partial charge in [-0.2, -0.15) is 0 Å². The molecule has 2 saturated heterocycles. The summed E-state index contributed by atoms with van der Waals surface area (Å²) in [7, 11) is 0. The van der Waals surface area contributed by atoms with E-state index in [1.807, 2.05) is 6.07 Å². The second-order valence-electron chi connectivity index (χ2n) is 4.77. The molecular weight excluding hydrogens is 240 g/mol. The van der Waals surface area contributed by atoms with Crippen molar-refractivity contribution in [1.29, 1.82) is 0 Å². The van der Waals surface area contributed by atoms with Crippen molar-refractivity contribution >= 4 is 22.9 Å². The Morgan fingerprint density at radius 1 is 1.31 bits per heavy atom. The van der Waals surface area contributed by atoms with Crippen LogP contribution in [-0.4, -0.2) is 42.0 Å². The van der Waals surface area contributed by atoms with E-state index in [0.717, 1.165) is 16.9 Å². The van der Waals surface area contributed by atoms with Crippen molar-refractivity contribution in [3.05, 3.63) is 21.3 Å². The Bertz CT molecular complexity index is 366. The van der Waals surface area contributed by atoms with E-state index >= 15 is 0 Å². The lowest BCUT2D eigenvalue weighted by Crippen LogP contribution is -2.49. The molecule has 2 aliphatic rings. The normalized spacial score (nSPS) is 27.2. The molecule has 0 radical (unpaired) electrons. The molecule has 0 aromatic carbocycles. The van der Waals surface area contributed by atoms with Crippen LogP contribution in [0.25, 0.3) is 0 Å². The van der Waals surface area contributed by atoms with E-state index in [4.69, 9.17) is 11.6 Å². The molecule has 1 unspecified atom stereocenters. The van der Waals surface area contributed by atoms with Crippen LogP contribution in [0.15, 0.2) is 12.1 Å². The van der Waals surface area contributed by atoms with Gasteiger partial charge in [-0.15, -0.1) is 11.3 Å². The van der Waals surface area contributed by atoms with E-state index in [1.165, 1.54) is 43.9 Å². The number of nitrogens with zero attached hydrogens (tertiary/aromatic N) is 2. The van der Waals surface area contributed by atoms with E-state index in [-0.39, 0.29) is 0 Å². The minimum Gasteiger partial charge on any atom is -0.298 e. The maximum Gasteiger partial charge on any atom is 0.0931 e. The van der Waals surface area contributed by atoms with Crippen LogP contribution < -0.4 is 0 Å². The third-order valence-electron chi connectivity index (χ3n) is 3.68. The highest BCUT2D eigenvalue weighted by Gasteiger charge is 2.30. The molecule has 3 rings (SSSR count). The Morgan fingerprint density at radius 2 is 2.25 bits per heavy atom. The third kappa shape index (κ3) is 2.28. The molecule has 16 heavy (non-hydrogen) atoms. The molecule has 0 bridgehead atoms. The summed E-state index contributed by atoms with van der Waals surface area (Å²) in [6.45, 7) is 6.12. The second-order valence-corrected chi connectivity index (χ2v) is 6.57. The molecule has 0 spiro atoms. The first-order chi connectivity index (χ1) is 7.81. The van der Waals surface area contributed by atoms with Crippen molar-refractivity contribution in [3.8, 4) is 0 Å². The average Bonchev–Trinajstić information content (AvgIpc) is 2.87. The summed E-state index contributed by atoms with van der Waals surface area (Å²) in [4.78, 5) is 6.63. The van der Waals surface area contributed by atoms with Gasteiger partial charge in [0.2, 0.25) is 0 Å². The Labute approximate surface area is 106 Å². The van der Waals surface area contributed by atoms with E-state index in [2.05, 4.69) is 15.9 Å². The minimum atomic E-state index is 0.823. The van der Waals surface area contributed by atoms with Gasteiger partial charge in [0.05, 0.1) is 4.34 Å². The zero-order chi connectivity index (χ0) is 11.0. The largest absolute Gasteiger partial charge is 0.298 e. The minimum absolute atomic E-state index is 0.823. The summed E-state index contributed by atoms with van der Waals surface area (Å²) in [5.74, 6) is 0. The number of piperazine rings is 1. The van der Waals surface area contributed by atoms with E-state index in [0.29, 0.717) is 0 Å². The van der Waals surface area contributed by atoms with Gasteiger partial charge in [-0.3, -0.25) is 9.80 Å². The van der Waals surface area contributed by atoms with Crippen LogP contribution in [0.1, 0.15) is 17.7 Å². The molecule has 3 heterocycles. The average molecular weight is 257 g/mol. The van der Waals surface area contributed by atoms with Crippen LogP contribution in [0.2, 0.25) is 4.34 Å². The number of rotatable bonds is 2. The van der Waals surface area contributed by atoms with Gasteiger partial charge >= 0.3 is 0 Å². The van der Waals surface area contributed by atoms with Crippen LogP contribution in [0.4, 0.5) is 0 Å². The lowest BCUT2D eigenvalue weighted by molar-refractivity contribution is 0.100. The molecule has 1 aromatic rings. The van der Waals surface area contributed by atoms with Crippen molar-refractivity contribution in [2.24, 2.45) is 0 Å². The van der Waals surface area contributed by atoms with Gasteiger partial charge < -0.3 is 0 Å². The number of hydrogen-bond acceptors (Lipinski definition) is 3. The molecule has 0 saturated carbocycles. The highest BCUT2D eigenvalue weighted by molar-refractivity contribution is 7.16. The maximum absolute atomic E-state index is 5.96. The Balaban J connectivity index is 1.60. The topological polar surface area (TPSA) is 6.48 Å². The zero-order valence-electron chi connectivity index (χ0n) is 9.36. The Hall–Kier alpha value is -0.0900. The molecule has 0 aliphatic carbocycles. The first-order valence-corrected chi connectivity index (χ1v) is 7.21. The quantitative estimate of drug-likeness (QED) is 0.803. The lowest BCUT2D eigenvalue weighted by atomic mass is 10.1. The summed E-state index contributed by atoms with van der Waals surface area (Å²) in [5, 5.41) is 0. The maximum atomic E-state index is 5.96. The predicted octanol–water partition coefficient (Wildman–Crippen LogP) is 2.68. The van der Waals surface area contributed by atoms with Crippen molar-refractivity contribution < 1.29 is 0 Å². The van der Waals surface area contributed by atoms with Crippen LogP contribution in [0.3, 0.4) is 0 Å². The molecule has 1 aromatic heterocycles. The van der Waals surface area contributed by atoms with E-state index < -0.39 is 0 Å². The van der Waals surface area contributed by atoms with Gasteiger partial charge in [0.15, 0.2) is 0 Å². The van der Waals surface area contributed by atoms with Crippen LogP contribution >= 0.6 is 22.9 Å². The molecular formula is C12H17ClN2S. The van der Waals surface area contributed by atoms with Crippen molar-refractivity contribution in [2.75, 3.05) is 26.2 Å². The number of thiophene rings is 1. The summed E-state index contributed by atoms with van der Waals surface area (Å²) in [6.07, 6.45) is 2.78. The van der Waals surface area contributed by atoms with E-state index in [1.54, 1.807) is 11.3 Å². The highest BCUT2D eigenvalue weighted by Crippen LogP contribution is 2.26. The fourth-order valence-electron chi connectivity index (χ4n) is 2.86. The smallest absolute Gasteiger partial charge is 0.0931 e. The van der Waals surface area contributed by atoms with Crippen LogP contribution in [-0.2, 0) is 6.54 Å². The van der Waals surface area contributed by atoms with Gasteiger partial charge in [0, 0.05) is 37.1 Å². The van der Waals surface area contributed by atoms with Crippen LogP contribution in [0, 0.1) is 0 Å². The molecule has 2 aliphatic heterocycles. The summed E-state index contributed by atoms with van der Waals surface area (Å²) >= 11 is 7.68. The monoisotopic (exact) mass is 256 g/mol. The number of hydrogen-bond donors (Lipinski definition) is 0. The first-order valence-electron chi connectivity index (χ1n) is 6.02. The second kappa shape index (κ2) is 4.65. The first kappa shape index (κ1) is 11.0. The number of fused-ring (bicyclic) bond motifs is 1. The van der Waals surface area contributed by atoms with Crippen molar-refractivity contribution in [2.45, 2.75) is 25.4 Å². The van der Waals surface area contributed by atoms with Crippen LogP contribution in [0.5, 0.6) is 0 Å². The predicted molar refractivity (Wildman–Crippen MR) is 69.2 cm³/mol. The summed E-state index contributed by atoms with van der Waals surface area (Å²) in [5.41, 5.74) is 0. The number of halogens is 1. The molecule has 0 amide bonds. The van der Waals surface area contributed by atoms with Gasteiger partial charge in [-0.25, -0.2) is 0 Å². The molecule has 0 N–H and O–H groups in total. The Kier molecular flexibility index (Phi) is 3.20. The molecule has 2 nitrogen and oxygen atoms in total. The van der Waals surface area contributed by atoms with E-state index in [9.17, 15) is 0 Å². The van der Waals surface area contributed by atoms with Crippen molar-refractivity contribution in [3.63, 3.8) is 0 Å².